The van der Waals surface area contributed by atoms with E-state index in [-0.39, 0.29) is 11.3 Å². The molecule has 4 aromatic rings. The van der Waals surface area contributed by atoms with Gasteiger partial charge < -0.3 is 24.5 Å². The molecule has 0 radical (unpaired) electrons. The maximum Gasteiger partial charge on any atom is 0.321 e. The highest BCUT2D eigenvalue weighted by atomic mass is 16.5. The highest BCUT2D eigenvalue weighted by Gasteiger charge is 2.45. The molecule has 4 aliphatic heterocycles. The first kappa shape index (κ1) is 24.0. The van der Waals surface area contributed by atoms with Crippen molar-refractivity contribution in [1.29, 1.82) is 0 Å². The largest absolute Gasteiger partial charge is 0.508 e. The lowest BCUT2D eigenvalue weighted by molar-refractivity contribution is 0.107. The van der Waals surface area contributed by atoms with Crippen LogP contribution in [0.5, 0.6) is 11.8 Å². The van der Waals surface area contributed by atoms with Crippen LogP contribution >= 0.6 is 0 Å². The van der Waals surface area contributed by atoms with E-state index >= 15 is 0 Å². The number of phenolic OH excluding ortho intramolecular Hbond substituents is 1. The smallest absolute Gasteiger partial charge is 0.321 e. The second-order valence-corrected chi connectivity index (χ2v) is 11.8. The molecule has 0 aliphatic carbocycles. The van der Waals surface area contributed by atoms with E-state index in [0.717, 1.165) is 68.5 Å². The van der Waals surface area contributed by atoms with Gasteiger partial charge in [-0.1, -0.05) is 18.1 Å². The van der Waals surface area contributed by atoms with Crippen molar-refractivity contribution in [2.75, 3.05) is 37.7 Å². The number of fused-ring (bicyclic) bond motifs is 5. The summed E-state index contributed by atoms with van der Waals surface area (Å²) >= 11 is 0. The third-order valence-corrected chi connectivity index (χ3v) is 9.36. The molecule has 4 saturated heterocycles. The molecule has 2 bridgehead atoms. The molecule has 2 N–H and O–H groups in total. The van der Waals surface area contributed by atoms with Gasteiger partial charge in [-0.25, -0.2) is 4.98 Å². The van der Waals surface area contributed by atoms with E-state index in [9.17, 15) is 5.11 Å². The molecule has 204 valence electrons. The van der Waals surface area contributed by atoms with E-state index < -0.39 is 0 Å². The van der Waals surface area contributed by atoms with E-state index in [1.165, 1.54) is 12.8 Å². The number of ether oxygens (including phenoxy) is 1. The Bertz CT molecular complexity index is 1650. The van der Waals surface area contributed by atoms with Crippen LogP contribution in [0, 0.1) is 12.3 Å². The van der Waals surface area contributed by atoms with Crippen LogP contribution < -0.4 is 15.0 Å². The van der Waals surface area contributed by atoms with Gasteiger partial charge >= 0.3 is 6.01 Å². The number of nitrogens with zero attached hydrogens (tertiary/aromatic N) is 5. The number of piperazine rings is 1. The van der Waals surface area contributed by atoms with Gasteiger partial charge in [-0.3, -0.25) is 4.90 Å². The highest BCUT2D eigenvalue weighted by molar-refractivity contribution is 6.01. The Kier molecular flexibility index (Phi) is 5.44. The monoisotopic (exact) mass is 536 g/mol. The molecule has 6 heterocycles. The van der Waals surface area contributed by atoms with Crippen LogP contribution in [-0.2, 0) is 0 Å². The minimum absolute atomic E-state index is 0.0886. The molecule has 9 nitrogen and oxygen atoms in total. The van der Waals surface area contributed by atoms with Crippen LogP contribution in [0.25, 0.3) is 33.5 Å². The summed E-state index contributed by atoms with van der Waals surface area (Å²) in [6, 6.07) is 10.2. The lowest BCUT2D eigenvalue weighted by Crippen LogP contribution is -2.51. The fourth-order valence-electron chi connectivity index (χ4n) is 7.52. The van der Waals surface area contributed by atoms with Gasteiger partial charge in [0, 0.05) is 41.7 Å². The topological polar surface area (TPSA) is 99.8 Å². The number of terminal acetylenes is 1. The Balaban J connectivity index is 1.24. The standard InChI is InChI=1S/C31H32N6O3/c1-2-19-6-3-7-20-14-23(38)15-24(25(19)20)28-33-26-27(36-16-21-8-9-22(17-36)32-21)34-30(35-29(26)40-28)39-18-31-10-4-12-37(31)13-5-11-31/h1,3,6-7,14-15,21-22,32,38H,4-5,8-13,16-18H2. The molecule has 0 spiro atoms. The van der Waals surface area contributed by atoms with Gasteiger partial charge in [-0.05, 0) is 75.2 Å². The summed E-state index contributed by atoms with van der Waals surface area (Å²) in [4.78, 5) is 19.5. The van der Waals surface area contributed by atoms with Crippen LogP contribution in [0.3, 0.4) is 0 Å². The van der Waals surface area contributed by atoms with Crippen LogP contribution in [0.15, 0.2) is 34.7 Å². The quantitative estimate of drug-likeness (QED) is 0.366. The van der Waals surface area contributed by atoms with Crippen molar-refractivity contribution in [1.82, 2.24) is 25.2 Å². The Morgan fingerprint density at radius 2 is 1.90 bits per heavy atom. The molecule has 4 fully saturated rings. The minimum Gasteiger partial charge on any atom is -0.508 e. The molecule has 0 amide bonds. The van der Waals surface area contributed by atoms with E-state index in [0.29, 0.717) is 52.9 Å². The highest BCUT2D eigenvalue weighted by Crippen LogP contribution is 2.40. The maximum atomic E-state index is 10.5. The van der Waals surface area contributed by atoms with E-state index in [4.69, 9.17) is 30.5 Å². The molecule has 2 aromatic heterocycles. The lowest BCUT2D eigenvalue weighted by atomic mass is 9.95. The Labute approximate surface area is 232 Å². The number of phenols is 1. The molecule has 9 heteroatoms. The Morgan fingerprint density at radius 3 is 2.67 bits per heavy atom. The number of benzene rings is 2. The van der Waals surface area contributed by atoms with Gasteiger partial charge in [0.1, 0.15) is 12.4 Å². The summed E-state index contributed by atoms with van der Waals surface area (Å²) in [5, 5.41) is 15.9. The molecular formula is C31H32N6O3. The Morgan fingerprint density at radius 1 is 1.10 bits per heavy atom. The Hall–Kier alpha value is -3.87. The second kappa shape index (κ2) is 9.08. The summed E-state index contributed by atoms with van der Waals surface area (Å²) in [6.45, 7) is 4.55. The summed E-state index contributed by atoms with van der Waals surface area (Å²) in [5.74, 6) is 3.97. The van der Waals surface area contributed by atoms with Crippen molar-refractivity contribution in [3.8, 4) is 35.6 Å². The van der Waals surface area contributed by atoms with E-state index in [1.807, 2.05) is 18.2 Å². The van der Waals surface area contributed by atoms with E-state index in [1.54, 1.807) is 12.1 Å². The molecule has 2 unspecified atom stereocenters. The molecule has 2 aromatic carbocycles. The summed E-state index contributed by atoms with van der Waals surface area (Å²) in [5.41, 5.74) is 2.40. The SMILES string of the molecule is C#Cc1cccc2cc(O)cc(-c3nc4c(N5CC6CCC(C5)N6)nc(OCC56CCCN5CCC6)nc4o3)c12. The number of rotatable bonds is 5. The zero-order chi connectivity index (χ0) is 26.8. The van der Waals surface area contributed by atoms with Gasteiger partial charge in [0.05, 0.1) is 5.54 Å². The van der Waals surface area contributed by atoms with Crippen molar-refractivity contribution < 1.29 is 14.3 Å². The number of hydrogen-bond acceptors (Lipinski definition) is 9. The first-order valence-corrected chi connectivity index (χ1v) is 14.4. The molecule has 2 atom stereocenters. The van der Waals surface area contributed by atoms with Gasteiger partial charge in [-0.2, -0.15) is 9.97 Å². The summed E-state index contributed by atoms with van der Waals surface area (Å²) in [6.07, 6.45) is 12.9. The zero-order valence-electron chi connectivity index (χ0n) is 22.4. The van der Waals surface area contributed by atoms with Crippen molar-refractivity contribution in [3.05, 3.63) is 35.9 Å². The first-order valence-electron chi connectivity index (χ1n) is 14.4. The second-order valence-electron chi connectivity index (χ2n) is 11.8. The first-order chi connectivity index (χ1) is 19.6. The number of hydrogen-bond donors (Lipinski definition) is 2. The number of aromatic nitrogens is 3. The van der Waals surface area contributed by atoms with Crippen LogP contribution in [0.4, 0.5) is 5.82 Å². The number of aromatic hydroxyl groups is 1. The molecule has 0 saturated carbocycles. The number of oxazole rings is 1. The van der Waals surface area contributed by atoms with Crippen molar-refractivity contribution in [3.63, 3.8) is 0 Å². The zero-order valence-corrected chi connectivity index (χ0v) is 22.4. The van der Waals surface area contributed by atoms with Gasteiger partial charge in [0.25, 0.3) is 5.71 Å². The molecular weight excluding hydrogens is 504 g/mol. The molecule has 8 rings (SSSR count). The fraction of sp³-hybridized carbons (Fsp3) is 0.452. The van der Waals surface area contributed by atoms with Crippen LogP contribution in [0.1, 0.15) is 44.1 Å². The third-order valence-electron chi connectivity index (χ3n) is 9.36. The fourth-order valence-corrected chi connectivity index (χ4v) is 7.52. The minimum atomic E-state index is 0.0886. The predicted molar refractivity (Wildman–Crippen MR) is 153 cm³/mol. The third kappa shape index (κ3) is 3.81. The number of nitrogens with one attached hydrogen (secondary N) is 1. The van der Waals surface area contributed by atoms with Crippen molar-refractivity contribution in [2.24, 2.45) is 0 Å². The van der Waals surface area contributed by atoms with Crippen LogP contribution in [-0.4, -0.2) is 75.4 Å². The van der Waals surface area contributed by atoms with Crippen molar-refractivity contribution >= 4 is 27.8 Å². The van der Waals surface area contributed by atoms with Gasteiger partial charge in [0.2, 0.25) is 5.89 Å². The predicted octanol–water partition coefficient (Wildman–Crippen LogP) is 4.07. The lowest BCUT2D eigenvalue weighted by Gasteiger charge is -2.34. The van der Waals surface area contributed by atoms with Crippen molar-refractivity contribution in [2.45, 2.75) is 56.1 Å². The van der Waals surface area contributed by atoms with Gasteiger partial charge in [-0.15, -0.1) is 6.42 Å². The average molecular weight is 537 g/mol. The molecule has 4 aliphatic rings. The average Bonchev–Trinajstić information content (AvgIpc) is 3.73. The normalized spacial score (nSPS) is 23.6. The summed E-state index contributed by atoms with van der Waals surface area (Å²) < 4.78 is 12.7. The van der Waals surface area contributed by atoms with Crippen LogP contribution in [0.2, 0.25) is 0 Å². The molecule has 40 heavy (non-hydrogen) atoms. The van der Waals surface area contributed by atoms with Gasteiger partial charge in [0.15, 0.2) is 11.3 Å². The van der Waals surface area contributed by atoms with E-state index in [2.05, 4.69) is 21.0 Å². The number of anilines is 1. The maximum absolute atomic E-state index is 10.5. The summed E-state index contributed by atoms with van der Waals surface area (Å²) in [7, 11) is 0.